The zero-order chi connectivity index (χ0) is 24.0. The fourth-order valence-corrected chi connectivity index (χ4v) is 5.50. The maximum absolute atomic E-state index is 12.9. The van der Waals surface area contributed by atoms with E-state index in [2.05, 4.69) is 22.3 Å². The molecule has 0 spiro atoms. The summed E-state index contributed by atoms with van der Waals surface area (Å²) in [7, 11) is -3.45. The number of rotatable bonds is 8. The summed E-state index contributed by atoms with van der Waals surface area (Å²) in [5.74, 6) is -0.0718. The van der Waals surface area contributed by atoms with Gasteiger partial charge in [0.1, 0.15) is 0 Å². The highest BCUT2D eigenvalue weighted by Gasteiger charge is 2.28. The summed E-state index contributed by atoms with van der Waals surface area (Å²) >= 11 is 0. The topological polar surface area (TPSA) is 69.7 Å². The van der Waals surface area contributed by atoms with Gasteiger partial charge in [-0.15, -0.1) is 0 Å². The highest BCUT2D eigenvalue weighted by Crippen LogP contribution is 2.19. The average Bonchev–Trinajstić information content (AvgIpc) is 2.86. The van der Waals surface area contributed by atoms with E-state index in [-0.39, 0.29) is 5.91 Å². The molecule has 0 bridgehead atoms. The third-order valence-corrected chi connectivity index (χ3v) is 8.07. The lowest BCUT2D eigenvalue weighted by Gasteiger charge is -2.34. The molecule has 0 saturated carbocycles. The van der Waals surface area contributed by atoms with Crippen LogP contribution in [0.2, 0.25) is 0 Å². The summed E-state index contributed by atoms with van der Waals surface area (Å²) < 4.78 is 27.3. The Bertz CT molecular complexity index is 1190. The molecule has 7 heteroatoms. The van der Waals surface area contributed by atoms with Gasteiger partial charge in [-0.1, -0.05) is 60.2 Å². The first-order valence-electron chi connectivity index (χ1n) is 11.6. The molecule has 1 amide bonds. The maximum Gasteiger partial charge on any atom is 0.251 e. The standard InChI is InChI=1S/C27H31N3O3S/c1-22-7-13-26(14-8-22)34(32,33)30-19-17-29(18-20-30)21-24-9-11-25(12-10-24)27(31)28-16-15-23-5-3-2-4-6-23/h2-14H,15-21H2,1H3,(H,28,31). The van der Waals surface area contributed by atoms with Crippen molar-refractivity contribution in [3.05, 3.63) is 101 Å². The second-order valence-corrected chi connectivity index (χ2v) is 10.6. The smallest absolute Gasteiger partial charge is 0.251 e. The molecule has 6 nitrogen and oxygen atoms in total. The van der Waals surface area contributed by atoms with E-state index in [4.69, 9.17) is 0 Å². The second-order valence-electron chi connectivity index (χ2n) is 8.68. The van der Waals surface area contributed by atoms with Gasteiger partial charge in [0.25, 0.3) is 5.91 Å². The molecule has 1 N–H and O–H groups in total. The van der Waals surface area contributed by atoms with Crippen molar-refractivity contribution in [1.29, 1.82) is 0 Å². The summed E-state index contributed by atoms with van der Waals surface area (Å²) in [5, 5.41) is 2.97. The molecule has 4 rings (SSSR count). The van der Waals surface area contributed by atoms with Crippen LogP contribution in [-0.4, -0.2) is 56.3 Å². The molecular formula is C27H31N3O3S. The van der Waals surface area contributed by atoms with E-state index in [1.165, 1.54) is 5.56 Å². The molecule has 3 aromatic rings. The van der Waals surface area contributed by atoms with E-state index in [1.54, 1.807) is 16.4 Å². The lowest BCUT2D eigenvalue weighted by molar-refractivity contribution is 0.0954. The zero-order valence-electron chi connectivity index (χ0n) is 19.5. The summed E-state index contributed by atoms with van der Waals surface area (Å²) in [5.41, 5.74) is 3.99. The maximum atomic E-state index is 12.9. The van der Waals surface area contributed by atoms with Crippen molar-refractivity contribution in [1.82, 2.24) is 14.5 Å². The molecule has 3 aromatic carbocycles. The molecule has 0 radical (unpaired) electrons. The number of hydrogen-bond acceptors (Lipinski definition) is 4. The number of aryl methyl sites for hydroxylation is 1. The van der Waals surface area contributed by atoms with E-state index in [1.807, 2.05) is 61.5 Å². The highest BCUT2D eigenvalue weighted by molar-refractivity contribution is 7.89. The summed E-state index contributed by atoms with van der Waals surface area (Å²) in [6, 6.07) is 24.8. The molecule has 1 aliphatic heterocycles. The van der Waals surface area contributed by atoms with Crippen LogP contribution >= 0.6 is 0 Å². The average molecular weight is 478 g/mol. The van der Waals surface area contributed by atoms with Crippen molar-refractivity contribution < 1.29 is 13.2 Å². The number of carbonyl (C=O) groups is 1. The summed E-state index contributed by atoms with van der Waals surface area (Å²) in [6.45, 7) is 5.56. The lowest BCUT2D eigenvalue weighted by atomic mass is 10.1. The molecule has 0 aromatic heterocycles. The Morgan fingerprint density at radius 3 is 2.12 bits per heavy atom. The molecule has 0 aliphatic carbocycles. The number of amides is 1. The van der Waals surface area contributed by atoms with Gasteiger partial charge >= 0.3 is 0 Å². The van der Waals surface area contributed by atoms with Gasteiger partial charge in [-0.05, 0) is 48.7 Å². The van der Waals surface area contributed by atoms with Crippen LogP contribution in [0.3, 0.4) is 0 Å². The van der Waals surface area contributed by atoms with Crippen LogP contribution in [0.15, 0.2) is 83.8 Å². The predicted molar refractivity (Wildman–Crippen MR) is 134 cm³/mol. The van der Waals surface area contributed by atoms with Gasteiger partial charge in [0.2, 0.25) is 10.0 Å². The first kappa shape index (κ1) is 24.1. The SMILES string of the molecule is Cc1ccc(S(=O)(=O)N2CCN(Cc3ccc(C(=O)NCCc4ccccc4)cc3)CC2)cc1. The molecule has 178 valence electrons. The minimum Gasteiger partial charge on any atom is -0.352 e. The van der Waals surface area contributed by atoms with Gasteiger partial charge in [0.05, 0.1) is 4.90 Å². The Morgan fingerprint density at radius 1 is 0.824 bits per heavy atom. The summed E-state index contributed by atoms with van der Waals surface area (Å²) in [6.07, 6.45) is 0.802. The minimum absolute atomic E-state index is 0.0718. The normalized spacial score (nSPS) is 15.2. The van der Waals surface area contributed by atoms with Crippen molar-refractivity contribution in [2.75, 3.05) is 32.7 Å². The number of hydrogen-bond donors (Lipinski definition) is 1. The number of nitrogens with one attached hydrogen (secondary N) is 1. The van der Waals surface area contributed by atoms with Crippen molar-refractivity contribution >= 4 is 15.9 Å². The zero-order valence-corrected chi connectivity index (χ0v) is 20.3. The lowest BCUT2D eigenvalue weighted by Crippen LogP contribution is -2.48. The van der Waals surface area contributed by atoms with E-state index in [9.17, 15) is 13.2 Å². The van der Waals surface area contributed by atoms with Crippen LogP contribution < -0.4 is 5.32 Å². The van der Waals surface area contributed by atoms with Crippen molar-refractivity contribution in [3.63, 3.8) is 0 Å². The van der Waals surface area contributed by atoms with E-state index >= 15 is 0 Å². The van der Waals surface area contributed by atoms with Gasteiger partial charge in [-0.3, -0.25) is 9.69 Å². The van der Waals surface area contributed by atoms with Crippen molar-refractivity contribution in [2.45, 2.75) is 24.8 Å². The monoisotopic (exact) mass is 477 g/mol. The highest BCUT2D eigenvalue weighted by atomic mass is 32.2. The molecular weight excluding hydrogens is 446 g/mol. The fraction of sp³-hybridized carbons (Fsp3) is 0.296. The third kappa shape index (κ3) is 6.11. The molecule has 1 heterocycles. The number of sulfonamides is 1. The van der Waals surface area contributed by atoms with E-state index in [0.29, 0.717) is 43.2 Å². The largest absolute Gasteiger partial charge is 0.352 e. The van der Waals surface area contributed by atoms with Gasteiger partial charge in [0.15, 0.2) is 0 Å². The Morgan fingerprint density at radius 2 is 1.47 bits per heavy atom. The molecule has 0 atom stereocenters. The molecule has 0 unspecified atom stereocenters. The molecule has 1 fully saturated rings. The second kappa shape index (κ2) is 11.0. The van der Waals surface area contributed by atoms with Crippen LogP contribution in [0.4, 0.5) is 0 Å². The summed E-state index contributed by atoms with van der Waals surface area (Å²) in [4.78, 5) is 15.0. The Hall–Kier alpha value is -3.00. The minimum atomic E-state index is -3.45. The third-order valence-electron chi connectivity index (χ3n) is 6.15. The van der Waals surface area contributed by atoms with Crippen molar-refractivity contribution in [2.24, 2.45) is 0 Å². The van der Waals surface area contributed by atoms with Crippen LogP contribution in [0.5, 0.6) is 0 Å². The number of benzene rings is 3. The molecule has 1 aliphatic rings. The van der Waals surface area contributed by atoms with Gasteiger partial charge in [0, 0.05) is 44.8 Å². The fourth-order valence-electron chi connectivity index (χ4n) is 4.07. The first-order valence-corrected chi connectivity index (χ1v) is 13.1. The Balaban J connectivity index is 1.25. The number of piperazine rings is 1. The molecule has 34 heavy (non-hydrogen) atoms. The predicted octanol–water partition coefficient (Wildman–Crippen LogP) is 3.47. The molecule has 1 saturated heterocycles. The van der Waals surface area contributed by atoms with Crippen LogP contribution in [0.1, 0.15) is 27.0 Å². The van der Waals surface area contributed by atoms with Crippen molar-refractivity contribution in [3.8, 4) is 0 Å². The van der Waals surface area contributed by atoms with Gasteiger partial charge in [-0.2, -0.15) is 4.31 Å². The van der Waals surface area contributed by atoms with E-state index in [0.717, 1.165) is 24.1 Å². The number of nitrogens with zero attached hydrogens (tertiary/aromatic N) is 2. The van der Waals surface area contributed by atoms with E-state index < -0.39 is 10.0 Å². The quantitative estimate of drug-likeness (QED) is 0.539. The number of carbonyl (C=O) groups excluding carboxylic acids is 1. The van der Waals surface area contributed by atoms with Crippen LogP contribution in [0, 0.1) is 6.92 Å². The Kier molecular flexibility index (Phi) is 7.77. The van der Waals surface area contributed by atoms with Gasteiger partial charge in [-0.25, -0.2) is 8.42 Å². The van der Waals surface area contributed by atoms with Crippen LogP contribution in [0.25, 0.3) is 0 Å². The van der Waals surface area contributed by atoms with Gasteiger partial charge < -0.3 is 5.32 Å². The first-order chi connectivity index (χ1) is 16.4. The van der Waals surface area contributed by atoms with Crippen LogP contribution in [-0.2, 0) is 23.0 Å². The Labute approximate surface area is 202 Å².